The summed E-state index contributed by atoms with van der Waals surface area (Å²) in [6, 6.07) is 25.1. The van der Waals surface area contributed by atoms with Crippen molar-refractivity contribution in [3.05, 3.63) is 95.6 Å². The number of hydrogen-bond acceptors (Lipinski definition) is 3. The van der Waals surface area contributed by atoms with E-state index in [1.54, 1.807) is 24.3 Å². The Bertz CT molecular complexity index is 1390. The zero-order valence-electron chi connectivity index (χ0n) is 19.7. The third kappa shape index (κ3) is 4.23. The molecule has 3 aromatic carbocycles. The van der Waals surface area contributed by atoms with Gasteiger partial charge in [0.1, 0.15) is 5.82 Å². The van der Waals surface area contributed by atoms with Gasteiger partial charge in [0.25, 0.3) is 11.8 Å². The molecule has 2 heterocycles. The van der Waals surface area contributed by atoms with Crippen molar-refractivity contribution in [1.82, 2.24) is 9.47 Å². The number of para-hydroxylation sites is 2. The molecule has 0 radical (unpaired) electrons. The number of amides is 3. The van der Waals surface area contributed by atoms with E-state index < -0.39 is 0 Å². The lowest BCUT2D eigenvalue weighted by Crippen LogP contribution is -2.30. The van der Waals surface area contributed by atoms with Crippen LogP contribution in [0.2, 0.25) is 0 Å². The second-order valence-electron chi connectivity index (χ2n) is 8.83. The Kier molecular flexibility index (Phi) is 6.19. The van der Waals surface area contributed by atoms with Crippen LogP contribution in [-0.4, -0.2) is 33.7 Å². The van der Waals surface area contributed by atoms with Gasteiger partial charge in [-0.25, -0.2) is 0 Å². The van der Waals surface area contributed by atoms with E-state index in [-0.39, 0.29) is 17.7 Å². The van der Waals surface area contributed by atoms with E-state index in [9.17, 15) is 14.4 Å². The van der Waals surface area contributed by atoms with Crippen LogP contribution in [0.15, 0.2) is 78.9 Å². The summed E-state index contributed by atoms with van der Waals surface area (Å²) in [5, 5.41) is 4.23. The van der Waals surface area contributed by atoms with E-state index in [1.807, 2.05) is 49.4 Å². The predicted octanol–water partition coefficient (Wildman–Crippen LogP) is 5.73. The van der Waals surface area contributed by atoms with Crippen molar-refractivity contribution < 1.29 is 14.4 Å². The number of rotatable bonds is 8. The lowest BCUT2D eigenvalue weighted by atomic mass is 10.1. The number of unbranched alkanes of at least 4 members (excludes halogenated alkanes) is 2. The van der Waals surface area contributed by atoms with Crippen molar-refractivity contribution in [3.63, 3.8) is 0 Å². The molecule has 0 aliphatic carbocycles. The van der Waals surface area contributed by atoms with Crippen molar-refractivity contribution in [1.29, 1.82) is 0 Å². The van der Waals surface area contributed by atoms with Crippen LogP contribution >= 0.6 is 0 Å². The SMILES string of the molecule is Cc1c(NC(=O)CCCCCN2C(=O)c3ccccc3C2=O)n(-c2ccccc2)c2ccccc12. The quantitative estimate of drug-likeness (QED) is 0.267. The number of imide groups is 1. The number of hydrogen-bond donors (Lipinski definition) is 1. The number of carbonyl (C=O) groups is 3. The van der Waals surface area contributed by atoms with Gasteiger partial charge in [-0.3, -0.25) is 23.9 Å². The summed E-state index contributed by atoms with van der Waals surface area (Å²) in [5.41, 5.74) is 4.02. The highest BCUT2D eigenvalue weighted by Gasteiger charge is 2.34. The van der Waals surface area contributed by atoms with E-state index in [2.05, 4.69) is 22.0 Å². The first-order valence-corrected chi connectivity index (χ1v) is 12.0. The summed E-state index contributed by atoms with van der Waals surface area (Å²) >= 11 is 0. The molecule has 1 aromatic heterocycles. The Morgan fingerprint density at radius 2 is 1.40 bits per heavy atom. The summed E-state index contributed by atoms with van der Waals surface area (Å²) in [6.07, 6.45) is 2.47. The number of carbonyl (C=O) groups excluding carboxylic acids is 3. The molecule has 35 heavy (non-hydrogen) atoms. The molecule has 0 fully saturated rings. The van der Waals surface area contributed by atoms with E-state index in [4.69, 9.17) is 0 Å². The largest absolute Gasteiger partial charge is 0.312 e. The summed E-state index contributed by atoms with van der Waals surface area (Å²) < 4.78 is 2.09. The van der Waals surface area contributed by atoms with Crippen molar-refractivity contribution in [2.45, 2.75) is 32.6 Å². The Morgan fingerprint density at radius 3 is 2.11 bits per heavy atom. The minimum Gasteiger partial charge on any atom is -0.312 e. The Hall–Kier alpha value is -4.19. The molecule has 5 rings (SSSR count). The molecule has 3 amide bonds. The van der Waals surface area contributed by atoms with Crippen LogP contribution in [0.5, 0.6) is 0 Å². The zero-order chi connectivity index (χ0) is 24.4. The van der Waals surface area contributed by atoms with Crippen molar-refractivity contribution in [2.24, 2.45) is 0 Å². The molecular weight excluding hydrogens is 438 g/mol. The summed E-state index contributed by atoms with van der Waals surface area (Å²) in [6.45, 7) is 2.40. The molecular formula is C29H27N3O3. The number of anilines is 1. The van der Waals surface area contributed by atoms with Gasteiger partial charge in [0, 0.05) is 24.0 Å². The smallest absolute Gasteiger partial charge is 0.261 e. The maximum Gasteiger partial charge on any atom is 0.261 e. The van der Waals surface area contributed by atoms with Crippen LogP contribution in [0, 0.1) is 6.92 Å². The highest BCUT2D eigenvalue weighted by atomic mass is 16.2. The lowest BCUT2D eigenvalue weighted by molar-refractivity contribution is -0.116. The molecule has 176 valence electrons. The average molecular weight is 466 g/mol. The first-order valence-electron chi connectivity index (χ1n) is 12.0. The predicted molar refractivity (Wildman–Crippen MR) is 137 cm³/mol. The van der Waals surface area contributed by atoms with E-state index in [1.165, 1.54) is 4.90 Å². The average Bonchev–Trinajstić information content (AvgIpc) is 3.30. The van der Waals surface area contributed by atoms with Crippen LogP contribution in [0.1, 0.15) is 52.0 Å². The molecule has 6 heteroatoms. The number of nitrogens with zero attached hydrogens (tertiary/aromatic N) is 2. The lowest BCUT2D eigenvalue weighted by Gasteiger charge is -2.14. The molecule has 0 unspecified atom stereocenters. The fourth-order valence-electron chi connectivity index (χ4n) is 4.77. The molecule has 0 atom stereocenters. The molecule has 0 saturated carbocycles. The van der Waals surface area contributed by atoms with E-state index in [0.29, 0.717) is 36.9 Å². The third-order valence-corrected chi connectivity index (χ3v) is 6.56. The second-order valence-corrected chi connectivity index (χ2v) is 8.83. The maximum absolute atomic E-state index is 12.9. The zero-order valence-corrected chi connectivity index (χ0v) is 19.7. The Balaban J connectivity index is 1.20. The van der Waals surface area contributed by atoms with Crippen LogP contribution in [0.3, 0.4) is 0 Å². The van der Waals surface area contributed by atoms with Crippen LogP contribution in [0.25, 0.3) is 16.6 Å². The number of fused-ring (bicyclic) bond motifs is 2. The molecule has 1 N–H and O–H groups in total. The first kappa shape index (κ1) is 22.6. The van der Waals surface area contributed by atoms with Gasteiger partial charge in [-0.05, 0) is 55.7 Å². The summed E-state index contributed by atoms with van der Waals surface area (Å²) in [4.78, 5) is 39.1. The summed E-state index contributed by atoms with van der Waals surface area (Å²) in [5.74, 6) is 0.280. The molecule has 0 spiro atoms. The summed E-state index contributed by atoms with van der Waals surface area (Å²) in [7, 11) is 0. The Morgan fingerprint density at radius 1 is 0.771 bits per heavy atom. The molecule has 0 saturated heterocycles. The second kappa shape index (κ2) is 9.58. The number of nitrogens with one attached hydrogen (secondary N) is 1. The normalized spacial score (nSPS) is 12.9. The van der Waals surface area contributed by atoms with Gasteiger partial charge in [-0.1, -0.05) is 55.0 Å². The Labute approximate surface area is 204 Å². The first-order chi connectivity index (χ1) is 17.1. The van der Waals surface area contributed by atoms with Crippen LogP contribution in [0.4, 0.5) is 5.82 Å². The monoisotopic (exact) mass is 465 g/mol. The van der Waals surface area contributed by atoms with E-state index >= 15 is 0 Å². The van der Waals surface area contributed by atoms with Gasteiger partial charge < -0.3 is 5.32 Å². The van der Waals surface area contributed by atoms with Gasteiger partial charge in [0.2, 0.25) is 5.91 Å². The van der Waals surface area contributed by atoms with Gasteiger partial charge >= 0.3 is 0 Å². The van der Waals surface area contributed by atoms with Crippen molar-refractivity contribution in [2.75, 3.05) is 11.9 Å². The fraction of sp³-hybridized carbons (Fsp3) is 0.207. The van der Waals surface area contributed by atoms with Crippen molar-refractivity contribution >= 4 is 34.4 Å². The number of aryl methyl sites for hydroxylation is 1. The molecule has 0 bridgehead atoms. The highest BCUT2D eigenvalue weighted by Crippen LogP contribution is 2.33. The van der Waals surface area contributed by atoms with Gasteiger partial charge in [0.05, 0.1) is 16.6 Å². The van der Waals surface area contributed by atoms with Crippen molar-refractivity contribution in [3.8, 4) is 5.69 Å². The van der Waals surface area contributed by atoms with Gasteiger partial charge in [-0.15, -0.1) is 0 Å². The van der Waals surface area contributed by atoms with E-state index in [0.717, 1.165) is 34.4 Å². The highest BCUT2D eigenvalue weighted by molar-refractivity contribution is 6.21. The molecule has 1 aliphatic heterocycles. The minimum atomic E-state index is -0.229. The minimum absolute atomic E-state index is 0.0474. The van der Waals surface area contributed by atoms with Crippen LogP contribution in [-0.2, 0) is 4.79 Å². The van der Waals surface area contributed by atoms with Gasteiger partial charge in [-0.2, -0.15) is 0 Å². The number of aromatic nitrogens is 1. The topological polar surface area (TPSA) is 71.4 Å². The standard InChI is InChI=1S/C29H27N3O3/c1-20-22-14-9-10-17-25(22)32(21-12-4-2-5-13-21)27(20)30-26(33)18-6-3-11-19-31-28(34)23-15-7-8-16-24(23)29(31)35/h2,4-5,7-10,12-17H,3,6,11,18-19H2,1H3,(H,30,33). The van der Waals surface area contributed by atoms with Crippen LogP contribution < -0.4 is 5.32 Å². The molecule has 6 nitrogen and oxygen atoms in total. The molecule has 4 aromatic rings. The fourth-order valence-corrected chi connectivity index (χ4v) is 4.77. The number of benzene rings is 3. The van der Waals surface area contributed by atoms with Gasteiger partial charge in [0.15, 0.2) is 0 Å². The third-order valence-electron chi connectivity index (χ3n) is 6.56. The molecule has 1 aliphatic rings. The maximum atomic E-state index is 12.9.